The first-order valence-corrected chi connectivity index (χ1v) is 8.54. The van der Waals surface area contributed by atoms with E-state index in [4.69, 9.17) is 4.74 Å². The number of ether oxygens (including phenoxy) is 1. The maximum absolute atomic E-state index is 5.95. The Labute approximate surface area is 130 Å². The van der Waals surface area contributed by atoms with Crippen LogP contribution in [0.5, 0.6) is 5.75 Å². The van der Waals surface area contributed by atoms with Crippen LogP contribution in [0.1, 0.15) is 53.4 Å². The predicted molar refractivity (Wildman–Crippen MR) is 91.0 cm³/mol. The van der Waals surface area contributed by atoms with Gasteiger partial charge < -0.3 is 10.1 Å². The molecule has 2 rings (SSSR count). The molecule has 2 unspecified atom stereocenters. The van der Waals surface area contributed by atoms with Crippen molar-refractivity contribution in [3.05, 3.63) is 24.3 Å². The highest BCUT2D eigenvalue weighted by molar-refractivity contribution is 5.56. The fourth-order valence-corrected chi connectivity index (χ4v) is 3.15. The van der Waals surface area contributed by atoms with Crippen LogP contribution < -0.4 is 10.1 Å². The average Bonchev–Trinajstić information content (AvgIpc) is 2.46. The van der Waals surface area contributed by atoms with E-state index >= 15 is 0 Å². The number of nitrogens with one attached hydrogen (secondary N) is 1. The van der Waals surface area contributed by atoms with E-state index < -0.39 is 0 Å². The van der Waals surface area contributed by atoms with Gasteiger partial charge in [-0.1, -0.05) is 52.7 Å². The third-order valence-electron chi connectivity index (χ3n) is 4.48. The molecular formula is C19H31NO. The monoisotopic (exact) mass is 289 g/mol. The lowest BCUT2D eigenvalue weighted by Gasteiger charge is -2.33. The highest BCUT2D eigenvalue weighted by Gasteiger charge is 2.24. The molecule has 0 amide bonds. The van der Waals surface area contributed by atoms with Crippen molar-refractivity contribution in [2.45, 2.75) is 59.4 Å². The molecule has 1 saturated carbocycles. The summed E-state index contributed by atoms with van der Waals surface area (Å²) in [6, 6.07) is 8.96. The summed E-state index contributed by atoms with van der Waals surface area (Å²) in [5.41, 5.74) is 1.16. The molecule has 1 aliphatic rings. The Bertz CT molecular complexity index is 427. The minimum absolute atomic E-state index is 0.554. The molecule has 0 heterocycles. The Kier molecular flexibility index (Phi) is 5.96. The van der Waals surface area contributed by atoms with Crippen LogP contribution in [-0.4, -0.2) is 12.6 Å². The molecule has 1 N–H and O–H groups in total. The molecule has 1 aromatic rings. The lowest BCUT2D eigenvalue weighted by molar-refractivity contribution is 0.260. The van der Waals surface area contributed by atoms with Crippen LogP contribution in [0.3, 0.4) is 0 Å². The van der Waals surface area contributed by atoms with E-state index in [0.29, 0.717) is 12.0 Å². The molecule has 0 aromatic heterocycles. The van der Waals surface area contributed by atoms with Crippen molar-refractivity contribution in [2.24, 2.45) is 17.8 Å². The fraction of sp³-hybridized carbons (Fsp3) is 0.684. The van der Waals surface area contributed by atoms with E-state index in [1.807, 2.05) is 0 Å². The number of hydrogen-bond donors (Lipinski definition) is 1. The maximum atomic E-state index is 5.95. The summed E-state index contributed by atoms with van der Waals surface area (Å²) in [6.07, 6.45) is 5.30. The second-order valence-corrected chi connectivity index (χ2v) is 7.21. The van der Waals surface area contributed by atoms with Gasteiger partial charge in [0.05, 0.1) is 12.3 Å². The van der Waals surface area contributed by atoms with Crippen molar-refractivity contribution in [1.29, 1.82) is 0 Å². The Balaban J connectivity index is 1.98. The first kappa shape index (κ1) is 16.2. The van der Waals surface area contributed by atoms with E-state index in [-0.39, 0.29) is 0 Å². The van der Waals surface area contributed by atoms with E-state index in [1.54, 1.807) is 0 Å². The summed E-state index contributed by atoms with van der Waals surface area (Å²) in [5, 5.41) is 3.73. The molecule has 0 spiro atoms. The lowest BCUT2D eigenvalue weighted by Crippen LogP contribution is -2.29. The molecular weight excluding hydrogens is 258 g/mol. The molecule has 0 aliphatic heterocycles. The molecule has 1 aliphatic carbocycles. The molecule has 118 valence electrons. The summed E-state index contributed by atoms with van der Waals surface area (Å²) < 4.78 is 5.95. The number of rotatable bonds is 6. The van der Waals surface area contributed by atoms with E-state index in [1.165, 1.54) is 25.7 Å². The summed E-state index contributed by atoms with van der Waals surface area (Å²) in [4.78, 5) is 0. The van der Waals surface area contributed by atoms with E-state index in [0.717, 1.165) is 29.9 Å². The van der Waals surface area contributed by atoms with Crippen molar-refractivity contribution in [2.75, 3.05) is 11.9 Å². The number of para-hydroxylation sites is 2. The minimum atomic E-state index is 0.554. The highest BCUT2D eigenvalue weighted by Crippen LogP contribution is 2.33. The van der Waals surface area contributed by atoms with E-state index in [9.17, 15) is 0 Å². The third-order valence-corrected chi connectivity index (χ3v) is 4.48. The second kappa shape index (κ2) is 7.72. The molecule has 1 aromatic carbocycles. The molecule has 1 fully saturated rings. The lowest BCUT2D eigenvalue weighted by atomic mass is 9.79. The summed E-state index contributed by atoms with van der Waals surface area (Å²) in [5.74, 6) is 3.21. The van der Waals surface area contributed by atoms with Crippen molar-refractivity contribution < 1.29 is 4.74 Å². The van der Waals surface area contributed by atoms with Crippen LogP contribution in [0.4, 0.5) is 5.69 Å². The zero-order chi connectivity index (χ0) is 15.2. The maximum Gasteiger partial charge on any atom is 0.142 e. The number of anilines is 1. The molecule has 0 bridgehead atoms. The van der Waals surface area contributed by atoms with Crippen LogP contribution in [0.25, 0.3) is 0 Å². The van der Waals surface area contributed by atoms with Gasteiger partial charge >= 0.3 is 0 Å². The third kappa shape index (κ3) is 4.94. The smallest absolute Gasteiger partial charge is 0.142 e. The zero-order valence-corrected chi connectivity index (χ0v) is 14.1. The van der Waals surface area contributed by atoms with Gasteiger partial charge in [0.2, 0.25) is 0 Å². The van der Waals surface area contributed by atoms with Gasteiger partial charge in [0, 0.05) is 6.04 Å². The number of benzene rings is 1. The summed E-state index contributed by atoms with van der Waals surface area (Å²) in [7, 11) is 0. The summed E-state index contributed by atoms with van der Waals surface area (Å²) in [6.45, 7) is 9.85. The van der Waals surface area contributed by atoms with Gasteiger partial charge in [-0.3, -0.25) is 0 Å². The first-order valence-electron chi connectivity index (χ1n) is 8.54. The van der Waals surface area contributed by atoms with Gasteiger partial charge in [-0.2, -0.15) is 0 Å². The van der Waals surface area contributed by atoms with Crippen LogP contribution in [0.2, 0.25) is 0 Å². The molecule has 2 heteroatoms. The molecule has 2 nitrogen and oxygen atoms in total. The van der Waals surface area contributed by atoms with E-state index in [2.05, 4.69) is 57.3 Å². The van der Waals surface area contributed by atoms with Crippen molar-refractivity contribution >= 4 is 5.69 Å². The Hall–Kier alpha value is -1.18. The van der Waals surface area contributed by atoms with Gasteiger partial charge in [0.25, 0.3) is 0 Å². The topological polar surface area (TPSA) is 21.3 Å². The SMILES string of the molecule is CC(C)COc1ccccc1NC1CCCC(C(C)C)C1. The molecule has 0 radical (unpaired) electrons. The van der Waals surface area contributed by atoms with Crippen molar-refractivity contribution in [3.63, 3.8) is 0 Å². The van der Waals surface area contributed by atoms with Gasteiger partial charge in [0.1, 0.15) is 5.75 Å². The fourth-order valence-electron chi connectivity index (χ4n) is 3.15. The highest BCUT2D eigenvalue weighted by atomic mass is 16.5. The second-order valence-electron chi connectivity index (χ2n) is 7.21. The van der Waals surface area contributed by atoms with Gasteiger partial charge in [-0.25, -0.2) is 0 Å². The van der Waals surface area contributed by atoms with Crippen molar-refractivity contribution in [1.82, 2.24) is 0 Å². The summed E-state index contributed by atoms with van der Waals surface area (Å²) >= 11 is 0. The minimum Gasteiger partial charge on any atom is -0.491 e. The van der Waals surface area contributed by atoms with Gasteiger partial charge in [0.15, 0.2) is 0 Å². The predicted octanol–water partition coefficient (Wildman–Crippen LogP) is 5.35. The molecule has 0 saturated heterocycles. The Morgan fingerprint density at radius 2 is 1.90 bits per heavy atom. The van der Waals surface area contributed by atoms with Crippen molar-refractivity contribution in [3.8, 4) is 5.75 Å². The quantitative estimate of drug-likeness (QED) is 0.762. The normalized spacial score (nSPS) is 22.6. The Morgan fingerprint density at radius 3 is 2.62 bits per heavy atom. The largest absolute Gasteiger partial charge is 0.491 e. The van der Waals surface area contributed by atoms with Crippen LogP contribution in [0, 0.1) is 17.8 Å². The van der Waals surface area contributed by atoms with Gasteiger partial charge in [-0.05, 0) is 42.7 Å². The van der Waals surface area contributed by atoms with Crippen LogP contribution in [0.15, 0.2) is 24.3 Å². The molecule has 2 atom stereocenters. The zero-order valence-electron chi connectivity index (χ0n) is 14.1. The van der Waals surface area contributed by atoms with Crippen LogP contribution in [-0.2, 0) is 0 Å². The average molecular weight is 289 g/mol. The Morgan fingerprint density at radius 1 is 1.14 bits per heavy atom. The first-order chi connectivity index (χ1) is 10.1. The van der Waals surface area contributed by atoms with Gasteiger partial charge in [-0.15, -0.1) is 0 Å². The standard InChI is InChI=1S/C19H31NO/c1-14(2)13-21-19-11-6-5-10-18(19)20-17-9-7-8-16(12-17)15(3)4/h5-6,10-11,14-17,20H,7-9,12-13H2,1-4H3. The molecule has 21 heavy (non-hydrogen) atoms. The van der Waals surface area contributed by atoms with Crippen LogP contribution >= 0.6 is 0 Å². The number of hydrogen-bond acceptors (Lipinski definition) is 2.